The third-order valence-electron chi connectivity index (χ3n) is 4.20. The van der Waals surface area contributed by atoms with Crippen molar-refractivity contribution in [2.45, 2.75) is 0 Å². The molecule has 0 N–H and O–H groups in total. The second-order valence-corrected chi connectivity index (χ2v) is 5.72. The number of nitrogens with zero attached hydrogens (tertiary/aromatic N) is 10. The molecule has 0 fully saturated rings. The number of nitriles is 5. The summed E-state index contributed by atoms with van der Waals surface area (Å²) in [5, 5.41) is 47.0. The highest BCUT2D eigenvalue weighted by Gasteiger charge is 2.21. The van der Waals surface area contributed by atoms with Crippen LogP contribution in [0.25, 0.3) is 33.0 Å². The summed E-state index contributed by atoms with van der Waals surface area (Å²) >= 11 is 0. The Bertz CT molecular complexity index is 1350. The van der Waals surface area contributed by atoms with E-state index in [0.717, 1.165) is 0 Å². The lowest BCUT2D eigenvalue weighted by atomic mass is 10.1. The van der Waals surface area contributed by atoms with Crippen LogP contribution in [-0.2, 0) is 0 Å². The van der Waals surface area contributed by atoms with E-state index in [9.17, 15) is 26.3 Å². The Morgan fingerprint density at radius 2 is 0.867 bits per heavy atom. The molecule has 3 heterocycles. The van der Waals surface area contributed by atoms with Gasteiger partial charge in [-0.15, -0.1) is 6.42 Å². The minimum Gasteiger partial charge on any atom is -0.233 e. The van der Waals surface area contributed by atoms with Crippen molar-refractivity contribution in [2.24, 2.45) is 0 Å². The van der Waals surface area contributed by atoms with Gasteiger partial charge >= 0.3 is 0 Å². The molecule has 4 aromatic rings. The van der Waals surface area contributed by atoms with Crippen LogP contribution in [0.3, 0.4) is 0 Å². The Morgan fingerprint density at radius 1 is 0.533 bits per heavy atom. The Labute approximate surface area is 167 Å². The van der Waals surface area contributed by atoms with Crippen LogP contribution in [0.5, 0.6) is 0 Å². The van der Waals surface area contributed by atoms with Crippen LogP contribution in [0.1, 0.15) is 34.0 Å². The van der Waals surface area contributed by atoms with Crippen LogP contribution in [0.4, 0.5) is 0 Å². The molecule has 0 aliphatic rings. The molecule has 4 rings (SSSR count). The summed E-state index contributed by atoms with van der Waals surface area (Å²) in [4.78, 5) is 21.0. The number of pyridine rings is 1. The van der Waals surface area contributed by atoms with E-state index >= 15 is 0 Å². The second-order valence-electron chi connectivity index (χ2n) is 5.72. The van der Waals surface area contributed by atoms with E-state index < -0.39 is 0 Å². The van der Waals surface area contributed by atoms with E-state index in [0.29, 0.717) is 5.39 Å². The molecular formula is C20H2N10. The van der Waals surface area contributed by atoms with Gasteiger partial charge in [-0.1, -0.05) is 5.92 Å². The molecule has 10 nitrogen and oxygen atoms in total. The van der Waals surface area contributed by atoms with Gasteiger partial charge in [0.15, 0.2) is 28.5 Å². The summed E-state index contributed by atoms with van der Waals surface area (Å²) in [6.07, 6.45) is 5.48. The van der Waals surface area contributed by atoms with Gasteiger partial charge in [-0.25, -0.2) is 24.9 Å². The zero-order valence-electron chi connectivity index (χ0n) is 14.6. The fourth-order valence-corrected chi connectivity index (χ4v) is 2.94. The van der Waals surface area contributed by atoms with Crippen LogP contribution < -0.4 is 0 Å². The van der Waals surface area contributed by atoms with Crippen molar-refractivity contribution in [1.29, 1.82) is 26.3 Å². The molecule has 132 valence electrons. The number of aromatic nitrogens is 5. The molecule has 0 amide bonds. The largest absolute Gasteiger partial charge is 0.233 e. The first-order valence-corrected chi connectivity index (χ1v) is 7.97. The molecule has 0 unspecified atom stereocenters. The minimum atomic E-state index is -0.254. The van der Waals surface area contributed by atoms with E-state index in [1.165, 1.54) is 6.07 Å². The Kier molecular flexibility index (Phi) is 3.83. The Morgan fingerprint density at radius 3 is 1.23 bits per heavy atom. The molecule has 0 spiro atoms. The van der Waals surface area contributed by atoms with Crippen LogP contribution in [0, 0.1) is 69.0 Å². The predicted octanol–water partition coefficient (Wildman–Crippen LogP) is 1.46. The summed E-state index contributed by atoms with van der Waals surface area (Å²) in [5.41, 5.74) is -0.346. The Hall–Kier alpha value is -5.68. The Balaban J connectivity index is 2.42. The maximum Gasteiger partial charge on any atom is 0.177 e. The number of fused-ring (bicyclic) bond motifs is 6. The molecule has 0 aliphatic heterocycles. The first-order valence-electron chi connectivity index (χ1n) is 7.97. The van der Waals surface area contributed by atoms with Crippen molar-refractivity contribution in [2.75, 3.05) is 0 Å². The van der Waals surface area contributed by atoms with Gasteiger partial charge in [0.25, 0.3) is 0 Å². The maximum atomic E-state index is 9.38. The molecule has 30 heavy (non-hydrogen) atoms. The fraction of sp³-hybridized carbons (Fsp3) is 0. The third-order valence-corrected chi connectivity index (χ3v) is 4.20. The number of benzene rings is 1. The van der Waals surface area contributed by atoms with Crippen LogP contribution in [0.2, 0.25) is 0 Å². The fourth-order valence-electron chi connectivity index (χ4n) is 2.94. The number of hydrogen-bond donors (Lipinski definition) is 0. The smallest absolute Gasteiger partial charge is 0.177 e. The van der Waals surface area contributed by atoms with E-state index in [-0.39, 0.29) is 61.6 Å². The lowest BCUT2D eigenvalue weighted by Crippen LogP contribution is -2.03. The zero-order chi connectivity index (χ0) is 21.4. The maximum absolute atomic E-state index is 9.38. The van der Waals surface area contributed by atoms with Crippen LogP contribution in [-0.4, -0.2) is 24.9 Å². The van der Waals surface area contributed by atoms with Gasteiger partial charge in [0.05, 0.1) is 5.56 Å². The van der Waals surface area contributed by atoms with E-state index in [1.807, 2.05) is 6.07 Å². The van der Waals surface area contributed by atoms with Crippen molar-refractivity contribution in [3.05, 3.63) is 40.1 Å². The quantitative estimate of drug-likeness (QED) is 0.318. The van der Waals surface area contributed by atoms with Crippen molar-refractivity contribution < 1.29 is 0 Å². The van der Waals surface area contributed by atoms with Crippen molar-refractivity contribution >= 4 is 33.0 Å². The lowest BCUT2D eigenvalue weighted by Gasteiger charge is -2.10. The van der Waals surface area contributed by atoms with Crippen LogP contribution in [0.15, 0.2) is 6.07 Å². The van der Waals surface area contributed by atoms with Gasteiger partial charge in [0.1, 0.15) is 57.9 Å². The van der Waals surface area contributed by atoms with Crippen molar-refractivity contribution in [3.8, 4) is 42.7 Å². The highest BCUT2D eigenvalue weighted by atomic mass is 14.9. The predicted molar refractivity (Wildman–Crippen MR) is 99.4 cm³/mol. The van der Waals surface area contributed by atoms with Gasteiger partial charge in [-0.3, -0.25) is 0 Å². The molecular weight excluding hydrogens is 380 g/mol. The minimum absolute atomic E-state index is 0.0476. The van der Waals surface area contributed by atoms with Gasteiger partial charge in [-0.05, 0) is 6.07 Å². The van der Waals surface area contributed by atoms with E-state index in [2.05, 4.69) is 30.8 Å². The summed E-state index contributed by atoms with van der Waals surface area (Å²) in [5.74, 6) is 2.36. The lowest BCUT2D eigenvalue weighted by molar-refractivity contribution is 1.17. The summed E-state index contributed by atoms with van der Waals surface area (Å²) in [7, 11) is 0. The molecule has 0 bridgehead atoms. The number of terminal acetylenes is 1. The summed E-state index contributed by atoms with van der Waals surface area (Å²) in [6.45, 7) is 0. The summed E-state index contributed by atoms with van der Waals surface area (Å²) in [6, 6.07) is 10.5. The van der Waals surface area contributed by atoms with Gasteiger partial charge in [-0.2, -0.15) is 26.3 Å². The molecule has 0 atom stereocenters. The molecule has 0 radical (unpaired) electrons. The van der Waals surface area contributed by atoms with Gasteiger partial charge in [0, 0.05) is 5.39 Å². The average Bonchev–Trinajstić information content (AvgIpc) is 2.81. The third kappa shape index (κ3) is 2.31. The molecule has 1 aromatic carbocycles. The van der Waals surface area contributed by atoms with E-state index in [4.69, 9.17) is 6.42 Å². The van der Waals surface area contributed by atoms with Gasteiger partial charge in [0.2, 0.25) is 0 Å². The monoisotopic (exact) mass is 382 g/mol. The van der Waals surface area contributed by atoms with Crippen molar-refractivity contribution in [1.82, 2.24) is 24.9 Å². The standard InChI is InChI=1S/C20H2N10/c1-2-9-3-10-16(26-11(9)4-21)18-20(30-15(8-25)14(7-24)29-18)19-17(10)27-12(5-22)13(6-23)28-19/h1,3H. The molecule has 0 aliphatic carbocycles. The molecule has 10 heteroatoms. The molecule has 0 saturated heterocycles. The van der Waals surface area contributed by atoms with Crippen molar-refractivity contribution in [3.63, 3.8) is 0 Å². The first kappa shape index (κ1) is 17.7. The van der Waals surface area contributed by atoms with Crippen LogP contribution >= 0.6 is 0 Å². The van der Waals surface area contributed by atoms with E-state index in [1.54, 1.807) is 24.3 Å². The first-order chi connectivity index (χ1) is 14.6. The van der Waals surface area contributed by atoms with Gasteiger partial charge < -0.3 is 0 Å². The zero-order valence-corrected chi connectivity index (χ0v) is 14.6. The topological polar surface area (TPSA) is 183 Å². The highest BCUT2D eigenvalue weighted by Crippen LogP contribution is 2.32. The number of hydrogen-bond acceptors (Lipinski definition) is 10. The SMILES string of the molecule is C#Cc1cc2c(nc1C#N)c1nc(C#N)c(C#N)nc1c1nc(C#N)c(C#N)nc21. The highest BCUT2D eigenvalue weighted by molar-refractivity contribution is 6.19. The average molecular weight is 382 g/mol. The molecule has 0 saturated carbocycles. The summed E-state index contributed by atoms with van der Waals surface area (Å²) < 4.78 is 0. The number of rotatable bonds is 0. The second kappa shape index (κ2) is 6.49. The molecule has 3 aromatic heterocycles. The normalized spacial score (nSPS) is 9.80.